The van der Waals surface area contributed by atoms with Crippen molar-refractivity contribution in [2.75, 3.05) is 6.61 Å². The van der Waals surface area contributed by atoms with Crippen LogP contribution in [-0.2, 0) is 0 Å². The van der Waals surface area contributed by atoms with Gasteiger partial charge in [-0.15, -0.1) is 11.8 Å². The summed E-state index contributed by atoms with van der Waals surface area (Å²) in [5, 5.41) is 18.2. The molecule has 0 radical (unpaired) electrons. The zero-order valence-corrected chi connectivity index (χ0v) is 9.18. The van der Waals surface area contributed by atoms with Crippen molar-refractivity contribution in [3.05, 3.63) is 33.1 Å². The third kappa shape index (κ3) is 2.06. The van der Waals surface area contributed by atoms with E-state index >= 15 is 0 Å². The third-order valence-electron chi connectivity index (χ3n) is 2.49. The SMILES string of the molecule is O=c1ccn(C2SC(CO)CC2O)c(=O)[nH]1. The first-order valence-corrected chi connectivity index (χ1v) is 5.82. The number of thioether (sulfide) groups is 1. The van der Waals surface area contributed by atoms with Crippen LogP contribution in [0.25, 0.3) is 0 Å². The van der Waals surface area contributed by atoms with Gasteiger partial charge in [0.15, 0.2) is 0 Å². The van der Waals surface area contributed by atoms with Crippen LogP contribution in [0.1, 0.15) is 11.8 Å². The second kappa shape index (κ2) is 4.44. The van der Waals surface area contributed by atoms with Gasteiger partial charge >= 0.3 is 5.69 Å². The molecule has 0 amide bonds. The van der Waals surface area contributed by atoms with Gasteiger partial charge in [0.1, 0.15) is 5.37 Å². The van der Waals surface area contributed by atoms with Gasteiger partial charge in [-0.05, 0) is 6.42 Å². The summed E-state index contributed by atoms with van der Waals surface area (Å²) in [6.45, 7) is -0.0314. The standard InChI is InChI=1S/C9H12N2O4S/c12-4-5-3-6(13)8(16-5)11-2-1-7(14)10-9(11)15/h1-2,5-6,8,12-13H,3-4H2,(H,10,14,15). The van der Waals surface area contributed by atoms with Crippen molar-refractivity contribution in [1.29, 1.82) is 0 Å². The number of nitrogens with zero attached hydrogens (tertiary/aromatic N) is 1. The Labute approximate surface area is 94.9 Å². The second-order valence-corrected chi connectivity index (χ2v) is 5.07. The molecule has 0 bridgehead atoms. The molecule has 3 N–H and O–H groups in total. The van der Waals surface area contributed by atoms with Gasteiger partial charge in [0.2, 0.25) is 0 Å². The van der Waals surface area contributed by atoms with Gasteiger partial charge in [-0.2, -0.15) is 0 Å². The molecule has 0 spiro atoms. The molecule has 7 heteroatoms. The van der Waals surface area contributed by atoms with Crippen molar-refractivity contribution in [1.82, 2.24) is 9.55 Å². The molecule has 3 unspecified atom stereocenters. The lowest BCUT2D eigenvalue weighted by Gasteiger charge is -2.15. The van der Waals surface area contributed by atoms with E-state index in [1.54, 1.807) is 0 Å². The second-order valence-electron chi connectivity index (χ2n) is 3.65. The van der Waals surface area contributed by atoms with Crippen molar-refractivity contribution in [3.8, 4) is 0 Å². The van der Waals surface area contributed by atoms with Crippen LogP contribution in [0.5, 0.6) is 0 Å². The maximum absolute atomic E-state index is 11.5. The lowest BCUT2D eigenvalue weighted by atomic mass is 10.2. The Morgan fingerprint density at radius 1 is 1.56 bits per heavy atom. The van der Waals surface area contributed by atoms with Crippen molar-refractivity contribution in [2.45, 2.75) is 23.1 Å². The largest absolute Gasteiger partial charge is 0.395 e. The highest BCUT2D eigenvalue weighted by molar-refractivity contribution is 8.00. The highest BCUT2D eigenvalue weighted by Gasteiger charge is 2.34. The molecule has 0 saturated carbocycles. The fourth-order valence-electron chi connectivity index (χ4n) is 1.73. The lowest BCUT2D eigenvalue weighted by molar-refractivity contribution is 0.142. The van der Waals surface area contributed by atoms with Gasteiger partial charge in [0.25, 0.3) is 5.56 Å². The van der Waals surface area contributed by atoms with Crippen LogP contribution in [0.15, 0.2) is 21.9 Å². The monoisotopic (exact) mass is 244 g/mol. The number of hydrogen-bond donors (Lipinski definition) is 3. The van der Waals surface area contributed by atoms with E-state index in [0.29, 0.717) is 6.42 Å². The Hall–Kier alpha value is -1.05. The van der Waals surface area contributed by atoms with Gasteiger partial charge in [-0.1, -0.05) is 0 Å². The van der Waals surface area contributed by atoms with Gasteiger partial charge in [-0.3, -0.25) is 14.3 Å². The van der Waals surface area contributed by atoms with E-state index in [9.17, 15) is 14.7 Å². The molecule has 0 aromatic carbocycles. The van der Waals surface area contributed by atoms with Crippen molar-refractivity contribution in [2.24, 2.45) is 0 Å². The number of rotatable bonds is 2. The van der Waals surface area contributed by atoms with Gasteiger partial charge in [0, 0.05) is 17.5 Å². The summed E-state index contributed by atoms with van der Waals surface area (Å²) < 4.78 is 1.28. The molecule has 2 rings (SSSR count). The van der Waals surface area contributed by atoms with Crippen LogP contribution in [0.3, 0.4) is 0 Å². The maximum atomic E-state index is 11.5. The number of aliphatic hydroxyl groups excluding tert-OH is 2. The molecule has 2 heterocycles. The first-order chi connectivity index (χ1) is 7.61. The van der Waals surface area contributed by atoms with Crippen molar-refractivity contribution < 1.29 is 10.2 Å². The highest BCUT2D eigenvalue weighted by Crippen LogP contribution is 2.40. The number of hydrogen-bond acceptors (Lipinski definition) is 5. The Morgan fingerprint density at radius 3 is 2.88 bits per heavy atom. The molecule has 16 heavy (non-hydrogen) atoms. The number of H-pyrrole nitrogens is 1. The predicted octanol–water partition coefficient (Wildman–Crippen LogP) is -1.11. The minimum Gasteiger partial charge on any atom is -0.395 e. The van der Waals surface area contributed by atoms with Crippen LogP contribution >= 0.6 is 11.8 Å². The van der Waals surface area contributed by atoms with E-state index in [4.69, 9.17) is 5.11 Å². The van der Waals surface area contributed by atoms with Crippen LogP contribution in [0.2, 0.25) is 0 Å². The van der Waals surface area contributed by atoms with E-state index in [-0.39, 0.29) is 11.9 Å². The average Bonchev–Trinajstić information content (AvgIpc) is 2.60. The molecule has 1 fully saturated rings. The molecule has 3 atom stereocenters. The van der Waals surface area contributed by atoms with E-state index in [0.717, 1.165) is 0 Å². The van der Waals surface area contributed by atoms with Crippen LogP contribution in [0.4, 0.5) is 0 Å². The minimum atomic E-state index is -0.689. The number of aliphatic hydroxyl groups is 2. The predicted molar refractivity (Wildman–Crippen MR) is 59.4 cm³/mol. The van der Waals surface area contributed by atoms with Crippen molar-refractivity contribution in [3.63, 3.8) is 0 Å². The summed E-state index contributed by atoms with van der Waals surface area (Å²) >= 11 is 1.33. The van der Waals surface area contributed by atoms with E-state index in [2.05, 4.69) is 4.98 Å². The molecular weight excluding hydrogens is 232 g/mol. The highest BCUT2D eigenvalue weighted by atomic mass is 32.2. The molecule has 6 nitrogen and oxygen atoms in total. The van der Waals surface area contributed by atoms with Gasteiger partial charge < -0.3 is 10.2 Å². The van der Waals surface area contributed by atoms with Gasteiger partial charge in [0.05, 0.1) is 12.7 Å². The zero-order chi connectivity index (χ0) is 11.7. The molecule has 1 aromatic rings. The summed E-state index contributed by atoms with van der Waals surface area (Å²) in [6.07, 6.45) is 1.12. The molecule has 1 aliphatic heterocycles. The van der Waals surface area contributed by atoms with Crippen LogP contribution < -0.4 is 11.2 Å². The maximum Gasteiger partial charge on any atom is 0.329 e. The first kappa shape index (κ1) is 11.4. The average molecular weight is 244 g/mol. The number of aromatic amines is 1. The van der Waals surface area contributed by atoms with Crippen molar-refractivity contribution >= 4 is 11.8 Å². The van der Waals surface area contributed by atoms with Crippen LogP contribution in [0, 0.1) is 0 Å². The van der Waals surface area contributed by atoms with E-state index in [1.165, 1.54) is 28.6 Å². The number of nitrogens with one attached hydrogen (secondary N) is 1. The van der Waals surface area contributed by atoms with E-state index in [1.807, 2.05) is 0 Å². The topological polar surface area (TPSA) is 95.3 Å². The minimum absolute atomic E-state index is 0.0314. The lowest BCUT2D eigenvalue weighted by Crippen LogP contribution is -2.33. The summed E-state index contributed by atoms with van der Waals surface area (Å²) in [4.78, 5) is 24.5. The van der Waals surface area contributed by atoms with Gasteiger partial charge in [-0.25, -0.2) is 4.79 Å². The Bertz CT molecular complexity index is 483. The summed E-state index contributed by atoms with van der Waals surface area (Å²) in [5.74, 6) is 0. The normalized spacial score (nSPS) is 29.5. The summed E-state index contributed by atoms with van der Waals surface area (Å²) in [5.41, 5.74) is -1.000. The Kier molecular flexibility index (Phi) is 3.17. The molecule has 1 saturated heterocycles. The summed E-state index contributed by atoms with van der Waals surface area (Å²) in [6, 6.07) is 1.24. The Balaban J connectivity index is 2.31. The fourth-order valence-corrected chi connectivity index (χ4v) is 3.10. The molecule has 1 aromatic heterocycles. The third-order valence-corrected chi connectivity index (χ3v) is 4.04. The van der Waals surface area contributed by atoms with Crippen LogP contribution in [-0.4, -0.2) is 37.7 Å². The van der Waals surface area contributed by atoms with E-state index < -0.39 is 22.7 Å². The molecular formula is C9H12N2O4S. The first-order valence-electron chi connectivity index (χ1n) is 4.87. The Morgan fingerprint density at radius 2 is 2.31 bits per heavy atom. The fraction of sp³-hybridized carbons (Fsp3) is 0.556. The number of aromatic nitrogens is 2. The summed E-state index contributed by atoms with van der Waals surface area (Å²) in [7, 11) is 0. The smallest absolute Gasteiger partial charge is 0.329 e. The quantitative estimate of drug-likeness (QED) is 0.613. The zero-order valence-electron chi connectivity index (χ0n) is 8.37. The molecule has 0 aliphatic carbocycles. The molecule has 88 valence electrons. The molecule has 1 aliphatic rings.